The summed E-state index contributed by atoms with van der Waals surface area (Å²) in [5.41, 5.74) is 2.39. The molecule has 1 aromatic carbocycles. The van der Waals surface area contributed by atoms with Gasteiger partial charge in [-0.25, -0.2) is 13.4 Å². The number of hydrogen-bond acceptors (Lipinski definition) is 4. The lowest BCUT2D eigenvalue weighted by Crippen LogP contribution is -1.84. The zero-order valence-corrected chi connectivity index (χ0v) is 8.45. The number of fused-ring (bicyclic) bond motifs is 1. The highest BCUT2D eigenvalue weighted by atomic mass is 32.2. The maximum atomic E-state index is 10.4. The van der Waals surface area contributed by atoms with Gasteiger partial charge in [0.05, 0.1) is 0 Å². The van der Waals surface area contributed by atoms with E-state index in [2.05, 4.69) is 4.98 Å². The monoisotopic (exact) mass is 211 g/mol. The first-order valence-corrected chi connectivity index (χ1v) is 5.49. The van der Waals surface area contributed by atoms with Gasteiger partial charge in [0.1, 0.15) is 22.0 Å². The SMILES string of the molecule is Cc1ccc2nc(C[SH](=O)=O)oc2c1. The fourth-order valence-electron chi connectivity index (χ4n) is 1.26. The Bertz CT molecular complexity index is 534. The number of benzene rings is 1. The van der Waals surface area contributed by atoms with Crippen LogP contribution in [0.2, 0.25) is 0 Å². The summed E-state index contributed by atoms with van der Waals surface area (Å²) in [4.78, 5) is 4.04. The van der Waals surface area contributed by atoms with E-state index in [0.717, 1.165) is 5.56 Å². The van der Waals surface area contributed by atoms with Crippen molar-refractivity contribution in [2.24, 2.45) is 0 Å². The van der Waals surface area contributed by atoms with Gasteiger partial charge in [0.25, 0.3) is 0 Å². The maximum absolute atomic E-state index is 10.4. The van der Waals surface area contributed by atoms with E-state index in [1.165, 1.54) is 0 Å². The van der Waals surface area contributed by atoms with Crippen molar-refractivity contribution < 1.29 is 12.8 Å². The molecule has 0 spiro atoms. The van der Waals surface area contributed by atoms with Gasteiger partial charge >= 0.3 is 0 Å². The van der Waals surface area contributed by atoms with E-state index in [1.54, 1.807) is 0 Å². The predicted molar refractivity (Wildman–Crippen MR) is 52.8 cm³/mol. The first-order valence-electron chi connectivity index (χ1n) is 4.13. The van der Waals surface area contributed by atoms with Gasteiger partial charge in [-0.15, -0.1) is 0 Å². The number of hydrogen-bond donors (Lipinski definition) is 1. The Morgan fingerprint density at radius 1 is 1.43 bits per heavy atom. The second kappa shape index (κ2) is 3.42. The van der Waals surface area contributed by atoms with Gasteiger partial charge in [-0.3, -0.25) is 0 Å². The normalized spacial score (nSPS) is 11.3. The van der Waals surface area contributed by atoms with Crippen molar-refractivity contribution in [3.05, 3.63) is 29.7 Å². The van der Waals surface area contributed by atoms with E-state index in [1.807, 2.05) is 25.1 Å². The minimum Gasteiger partial charge on any atom is -0.440 e. The summed E-state index contributed by atoms with van der Waals surface area (Å²) in [6.45, 7) is 1.94. The van der Waals surface area contributed by atoms with Crippen LogP contribution in [0.15, 0.2) is 22.6 Å². The molecular weight excluding hydrogens is 202 g/mol. The summed E-state index contributed by atoms with van der Waals surface area (Å²) in [5.74, 6) is 0.116. The van der Waals surface area contributed by atoms with Gasteiger partial charge in [-0.05, 0) is 24.6 Å². The van der Waals surface area contributed by atoms with Crippen molar-refractivity contribution in [1.82, 2.24) is 4.98 Å². The zero-order chi connectivity index (χ0) is 10.1. The summed E-state index contributed by atoms with van der Waals surface area (Å²) >= 11 is 0. The van der Waals surface area contributed by atoms with Crippen LogP contribution in [0.4, 0.5) is 0 Å². The van der Waals surface area contributed by atoms with E-state index in [9.17, 15) is 8.42 Å². The molecule has 0 amide bonds. The third kappa shape index (κ3) is 1.77. The average Bonchev–Trinajstić information content (AvgIpc) is 2.44. The number of rotatable bonds is 2. The standard InChI is InChI=1S/C9H9NO3S/c1-6-2-3-7-8(4-6)13-9(10-7)5-14(11)12/h2-4,14H,5H2,1H3. The molecule has 2 aromatic rings. The Kier molecular flexibility index (Phi) is 2.25. The summed E-state index contributed by atoms with van der Waals surface area (Å²) in [6.07, 6.45) is 0. The number of oxazole rings is 1. The second-order valence-electron chi connectivity index (χ2n) is 3.07. The fraction of sp³-hybridized carbons (Fsp3) is 0.222. The predicted octanol–water partition coefficient (Wildman–Crippen LogP) is 1.25. The third-order valence-electron chi connectivity index (χ3n) is 1.85. The van der Waals surface area contributed by atoms with Crippen LogP contribution in [0.1, 0.15) is 11.5 Å². The molecule has 14 heavy (non-hydrogen) atoms. The van der Waals surface area contributed by atoms with Crippen LogP contribution in [0, 0.1) is 6.92 Å². The van der Waals surface area contributed by atoms with Crippen LogP contribution < -0.4 is 0 Å². The van der Waals surface area contributed by atoms with Gasteiger partial charge in [0.15, 0.2) is 5.58 Å². The molecule has 0 radical (unpaired) electrons. The van der Waals surface area contributed by atoms with E-state index in [0.29, 0.717) is 11.1 Å². The lowest BCUT2D eigenvalue weighted by molar-refractivity contribution is 0.545. The highest BCUT2D eigenvalue weighted by molar-refractivity contribution is 7.71. The Morgan fingerprint density at radius 3 is 2.93 bits per heavy atom. The quantitative estimate of drug-likeness (QED) is 0.759. The molecule has 74 valence electrons. The molecule has 1 heterocycles. The molecule has 0 fully saturated rings. The molecule has 2 rings (SSSR count). The Morgan fingerprint density at radius 2 is 2.21 bits per heavy atom. The molecule has 0 unspecified atom stereocenters. The Labute approximate surface area is 82.5 Å². The molecule has 0 N–H and O–H groups in total. The van der Waals surface area contributed by atoms with Crippen LogP contribution >= 0.6 is 0 Å². The van der Waals surface area contributed by atoms with Crippen LogP contribution in [0.5, 0.6) is 0 Å². The summed E-state index contributed by atoms with van der Waals surface area (Å²) in [7, 11) is -2.48. The molecule has 0 atom stereocenters. The number of aryl methyl sites for hydroxylation is 1. The molecule has 0 bridgehead atoms. The van der Waals surface area contributed by atoms with E-state index < -0.39 is 10.7 Å². The van der Waals surface area contributed by atoms with Gasteiger partial charge in [-0.1, -0.05) is 6.07 Å². The lowest BCUT2D eigenvalue weighted by atomic mass is 10.2. The zero-order valence-electron chi connectivity index (χ0n) is 7.56. The molecule has 0 aliphatic heterocycles. The van der Waals surface area contributed by atoms with Crippen molar-refractivity contribution in [3.63, 3.8) is 0 Å². The Hall–Kier alpha value is -1.36. The van der Waals surface area contributed by atoms with Crippen molar-refractivity contribution in [1.29, 1.82) is 0 Å². The van der Waals surface area contributed by atoms with Crippen molar-refractivity contribution in [3.8, 4) is 0 Å². The second-order valence-corrected chi connectivity index (χ2v) is 4.05. The molecule has 5 heteroatoms. The molecule has 0 aliphatic rings. The van der Waals surface area contributed by atoms with Crippen LogP contribution in [-0.2, 0) is 16.5 Å². The van der Waals surface area contributed by atoms with Crippen LogP contribution in [-0.4, -0.2) is 13.4 Å². The minimum absolute atomic E-state index is 0.136. The molecule has 4 nitrogen and oxygen atoms in total. The van der Waals surface area contributed by atoms with Crippen LogP contribution in [0.3, 0.4) is 0 Å². The topological polar surface area (TPSA) is 60.2 Å². The first kappa shape index (κ1) is 9.21. The van der Waals surface area contributed by atoms with Gasteiger partial charge < -0.3 is 4.42 Å². The first-order chi connectivity index (χ1) is 6.65. The number of aromatic nitrogens is 1. The third-order valence-corrected chi connectivity index (χ3v) is 2.38. The molecular formula is C9H9NO3S. The fourth-order valence-corrected chi connectivity index (χ4v) is 1.61. The highest BCUT2D eigenvalue weighted by Crippen LogP contribution is 2.17. The lowest BCUT2D eigenvalue weighted by Gasteiger charge is -1.87. The number of nitrogens with zero attached hydrogens (tertiary/aromatic N) is 1. The Balaban J connectivity index is 2.51. The maximum Gasteiger partial charge on any atom is 0.210 e. The van der Waals surface area contributed by atoms with Gasteiger partial charge in [0, 0.05) is 0 Å². The van der Waals surface area contributed by atoms with Crippen molar-refractivity contribution in [2.45, 2.75) is 12.7 Å². The highest BCUT2D eigenvalue weighted by Gasteiger charge is 2.05. The van der Waals surface area contributed by atoms with Gasteiger partial charge in [-0.2, -0.15) is 0 Å². The smallest absolute Gasteiger partial charge is 0.210 e. The van der Waals surface area contributed by atoms with Crippen LogP contribution in [0.25, 0.3) is 11.1 Å². The molecule has 0 aliphatic carbocycles. The largest absolute Gasteiger partial charge is 0.440 e. The van der Waals surface area contributed by atoms with E-state index in [-0.39, 0.29) is 11.6 Å². The molecule has 0 saturated heterocycles. The van der Waals surface area contributed by atoms with E-state index >= 15 is 0 Å². The summed E-state index contributed by atoms with van der Waals surface area (Å²) in [5, 5.41) is 0. The van der Waals surface area contributed by atoms with Crippen molar-refractivity contribution in [2.75, 3.05) is 0 Å². The van der Waals surface area contributed by atoms with Crippen molar-refractivity contribution >= 4 is 21.8 Å². The average molecular weight is 211 g/mol. The summed E-state index contributed by atoms with van der Waals surface area (Å²) in [6, 6.07) is 5.56. The van der Waals surface area contributed by atoms with E-state index in [4.69, 9.17) is 4.42 Å². The van der Waals surface area contributed by atoms with Gasteiger partial charge in [0.2, 0.25) is 5.89 Å². The minimum atomic E-state index is -2.48. The summed E-state index contributed by atoms with van der Waals surface area (Å²) < 4.78 is 26.2. The molecule has 0 saturated carbocycles. The number of thiol groups is 1. The molecule has 1 aromatic heterocycles.